The lowest BCUT2D eigenvalue weighted by Gasteiger charge is -2.34. The lowest BCUT2D eigenvalue weighted by Crippen LogP contribution is -2.61. The van der Waals surface area contributed by atoms with E-state index in [1.165, 1.54) is 16.7 Å². The van der Waals surface area contributed by atoms with Crippen LogP contribution in [0.3, 0.4) is 0 Å². The van der Waals surface area contributed by atoms with Crippen molar-refractivity contribution in [3.8, 4) is 0 Å². The van der Waals surface area contributed by atoms with Crippen molar-refractivity contribution < 1.29 is 62.3 Å². The number of primary amides is 1. The summed E-state index contributed by atoms with van der Waals surface area (Å²) in [5.41, 5.74) is 62.5. The highest BCUT2D eigenvalue weighted by Gasteiger charge is 2.45. The van der Waals surface area contributed by atoms with Crippen LogP contribution in [0.25, 0.3) is 0 Å². The molecule has 2 saturated heterocycles. The van der Waals surface area contributed by atoms with Crippen molar-refractivity contribution in [1.82, 2.24) is 63.0 Å². The Hall–Kier alpha value is -10.7. The molecule has 11 atom stereocenters. The SMILES string of the molecule is CC(=O)NCC(=O)NC(CCCCN)C(=O)NC(Cc1ccccc1)C(=O)NC(CCCCN)C(=O)NC(CCCN=C(N)N)C(=O)N1CCCC1C(=O)N1CCCC1C(=O)NC(CC(C)C)C(=O)NC(CCCN=C(N)N)C(=O)NC(CCCN=C(N)N)C(=O)NC(C(=O)NC(CCCN=C(N)N)C(N)=O)C(C)C. The second-order valence-electron chi connectivity index (χ2n) is 28.2. The summed E-state index contributed by atoms with van der Waals surface area (Å²) in [4.78, 5) is 202. The van der Waals surface area contributed by atoms with Gasteiger partial charge in [-0.3, -0.25) is 82.3 Å². The number of benzene rings is 1. The summed E-state index contributed by atoms with van der Waals surface area (Å²) in [5, 5.41) is 27.0. The van der Waals surface area contributed by atoms with Crippen molar-refractivity contribution in [1.29, 1.82) is 0 Å². The van der Waals surface area contributed by atoms with Crippen LogP contribution in [0.5, 0.6) is 0 Å². The molecule has 0 aliphatic carbocycles. The first-order valence-corrected chi connectivity index (χ1v) is 37.7. The van der Waals surface area contributed by atoms with Crippen LogP contribution in [-0.4, -0.2) is 236 Å². The normalized spacial score (nSPS) is 16.3. The molecular weight excluding hydrogens is 1430 g/mol. The van der Waals surface area contributed by atoms with Gasteiger partial charge in [0, 0.05) is 52.6 Å². The Kier molecular flexibility index (Phi) is 42.6. The van der Waals surface area contributed by atoms with Gasteiger partial charge in [0.25, 0.3) is 0 Å². The van der Waals surface area contributed by atoms with E-state index >= 15 is 9.59 Å². The molecule has 0 spiro atoms. The molecule has 32 N–H and O–H groups in total. The van der Waals surface area contributed by atoms with E-state index in [4.69, 9.17) is 63.1 Å². The summed E-state index contributed by atoms with van der Waals surface area (Å²) in [5.74, 6) is -11.1. The molecule has 616 valence electrons. The van der Waals surface area contributed by atoms with Gasteiger partial charge in [-0.15, -0.1) is 0 Å². The van der Waals surface area contributed by atoms with Crippen molar-refractivity contribution in [2.24, 2.45) is 94.9 Å². The van der Waals surface area contributed by atoms with E-state index in [9.17, 15) is 52.7 Å². The molecule has 13 amide bonds. The van der Waals surface area contributed by atoms with Gasteiger partial charge in [0.2, 0.25) is 76.8 Å². The Balaban J connectivity index is 1.98. The number of guanidine groups is 4. The fraction of sp³-hybridized carbons (Fsp3) is 0.671. The smallest absolute Gasteiger partial charge is 0.246 e. The second kappa shape index (κ2) is 50.1. The number of nitrogens with two attached hydrogens (primary N) is 11. The molecule has 2 fully saturated rings. The van der Waals surface area contributed by atoms with Crippen LogP contribution in [-0.2, 0) is 68.7 Å². The molecule has 0 aromatic heterocycles. The van der Waals surface area contributed by atoms with E-state index < -0.39 is 156 Å². The van der Waals surface area contributed by atoms with Crippen LogP contribution in [0.15, 0.2) is 50.3 Å². The zero-order chi connectivity index (χ0) is 82.0. The summed E-state index contributed by atoms with van der Waals surface area (Å²) in [6, 6.07) is -5.22. The minimum Gasteiger partial charge on any atom is -0.370 e. The molecule has 0 saturated carbocycles. The Morgan fingerprint density at radius 1 is 0.436 bits per heavy atom. The highest BCUT2D eigenvalue weighted by atomic mass is 16.2. The van der Waals surface area contributed by atoms with Gasteiger partial charge in [-0.25, -0.2) is 0 Å². The van der Waals surface area contributed by atoms with Gasteiger partial charge in [-0.1, -0.05) is 58.0 Å². The summed E-state index contributed by atoms with van der Waals surface area (Å²) in [6.07, 6.45) is 3.35. The number of aliphatic imine (C=N–C) groups is 4. The van der Waals surface area contributed by atoms with Crippen molar-refractivity contribution >= 4 is 101 Å². The van der Waals surface area contributed by atoms with E-state index in [1.807, 2.05) is 0 Å². The minimum absolute atomic E-state index is 0.0105. The summed E-state index contributed by atoms with van der Waals surface area (Å²) < 4.78 is 0. The molecule has 2 heterocycles. The monoisotopic (exact) mass is 1550 g/mol. The highest BCUT2D eigenvalue weighted by Crippen LogP contribution is 2.27. The molecule has 11 unspecified atom stereocenters. The first-order chi connectivity index (χ1) is 52.2. The fourth-order valence-corrected chi connectivity index (χ4v) is 12.5. The van der Waals surface area contributed by atoms with Crippen LogP contribution >= 0.6 is 0 Å². The number of nitrogens with zero attached hydrogens (tertiary/aromatic N) is 6. The molecule has 1 aromatic carbocycles. The third-order valence-electron chi connectivity index (χ3n) is 18.2. The summed E-state index contributed by atoms with van der Waals surface area (Å²) in [7, 11) is 0. The number of carbonyl (C=O) groups is 13. The van der Waals surface area contributed by atoms with Gasteiger partial charge < -0.3 is 126 Å². The number of rotatable bonds is 51. The molecule has 110 heavy (non-hydrogen) atoms. The number of likely N-dealkylation sites (tertiary alicyclic amines) is 2. The molecule has 1 aromatic rings. The van der Waals surface area contributed by atoms with E-state index in [1.54, 1.807) is 58.0 Å². The summed E-state index contributed by atoms with van der Waals surface area (Å²) in [6.45, 7) is 8.61. The topological polar surface area (TPSA) is 684 Å². The average Bonchev–Trinajstić information content (AvgIpc) is 1.63. The quantitative estimate of drug-likeness (QED) is 0.0164. The average molecular weight is 1550 g/mol. The van der Waals surface area contributed by atoms with Crippen LogP contribution in [0.2, 0.25) is 0 Å². The Morgan fingerprint density at radius 3 is 1.27 bits per heavy atom. The highest BCUT2D eigenvalue weighted by molar-refractivity contribution is 6.00. The first kappa shape index (κ1) is 93.5. The predicted octanol–water partition coefficient (Wildman–Crippen LogP) is -6.63. The Bertz CT molecular complexity index is 3310. The van der Waals surface area contributed by atoms with Gasteiger partial charge in [0.15, 0.2) is 23.8 Å². The van der Waals surface area contributed by atoms with E-state index in [0.717, 1.165) is 0 Å². The Morgan fingerprint density at radius 2 is 0.827 bits per heavy atom. The first-order valence-electron chi connectivity index (χ1n) is 37.7. The second-order valence-corrected chi connectivity index (χ2v) is 28.2. The number of carbonyl (C=O) groups excluding carboxylic acids is 13. The summed E-state index contributed by atoms with van der Waals surface area (Å²) >= 11 is 0. The van der Waals surface area contributed by atoms with Gasteiger partial charge >= 0.3 is 0 Å². The number of amides is 13. The molecule has 0 bridgehead atoms. The Labute approximate surface area is 642 Å². The van der Waals surface area contributed by atoms with Crippen molar-refractivity contribution in [2.75, 3.05) is 58.9 Å². The van der Waals surface area contributed by atoms with Gasteiger partial charge in [-0.2, -0.15) is 0 Å². The van der Waals surface area contributed by atoms with Gasteiger partial charge in [0.05, 0.1) is 6.54 Å². The maximum Gasteiger partial charge on any atom is 0.246 e. The van der Waals surface area contributed by atoms with Crippen molar-refractivity contribution in [3.05, 3.63) is 35.9 Å². The minimum atomic E-state index is -1.41. The number of hydrogen-bond acceptors (Lipinski definition) is 19. The number of unbranched alkanes of at least 4 members (excludes halogenated alkanes) is 2. The molecule has 40 heteroatoms. The van der Waals surface area contributed by atoms with Crippen LogP contribution < -0.4 is 116 Å². The van der Waals surface area contributed by atoms with Gasteiger partial charge in [0.1, 0.15) is 66.5 Å². The van der Waals surface area contributed by atoms with Crippen LogP contribution in [0.1, 0.15) is 162 Å². The largest absolute Gasteiger partial charge is 0.370 e. The zero-order valence-corrected chi connectivity index (χ0v) is 64.2. The zero-order valence-electron chi connectivity index (χ0n) is 64.2. The predicted molar refractivity (Wildman–Crippen MR) is 415 cm³/mol. The fourth-order valence-electron chi connectivity index (χ4n) is 12.5. The molecule has 3 rings (SSSR count). The third-order valence-corrected chi connectivity index (χ3v) is 18.2. The van der Waals surface area contributed by atoms with Gasteiger partial charge in [-0.05, 0) is 152 Å². The molecule has 2 aliphatic heterocycles. The molecule has 0 radical (unpaired) electrons. The maximum absolute atomic E-state index is 15.1. The van der Waals surface area contributed by atoms with Crippen LogP contribution in [0, 0.1) is 11.8 Å². The lowest BCUT2D eigenvalue weighted by molar-refractivity contribution is -0.148. The molecule has 2 aliphatic rings. The van der Waals surface area contributed by atoms with Crippen molar-refractivity contribution in [3.63, 3.8) is 0 Å². The standard InChI is InChI=1S/C70H123N27O13/c1-40(2)37-50(61(105)91-47(24-14-32-83-68(76)77)58(102)89-48(25-15-33-84-69(78)79)60(104)95-55(41(3)4)64(108)88-44(56(73)100)23-13-31-82-67(74)75)94-63(107)52-27-17-35-96(52)66(110)53-28-18-36-97(53)65(109)49(26-16-34-85-70(80)81)92-59(103)46(22-10-12-30-72)90-62(106)51(38-43-19-7-6-8-20-43)93-57(101)45(21-9-11-29-71)87-54(99)39-86-42(5)98/h6-8,19-20,40-41,44-53,55H,9-18,21-39,71-72H2,1-5H3,(H2,73,100)(H,86,98)(H,87,99)(H,88,108)(H,89,102)(H,90,106)(H,91,105)(H,92,103)(H,93,101)(H,94,107)(H,95,104)(H4,74,75,82)(H4,76,77,83)(H4,78,79,84)(H4,80,81,85). The lowest BCUT2D eigenvalue weighted by atomic mass is 10.00. The maximum atomic E-state index is 15.1. The van der Waals surface area contributed by atoms with E-state index in [-0.39, 0.29) is 165 Å². The number of hydrogen-bond donors (Lipinski definition) is 21. The van der Waals surface area contributed by atoms with Crippen LogP contribution in [0.4, 0.5) is 0 Å². The van der Waals surface area contributed by atoms with E-state index in [0.29, 0.717) is 50.6 Å². The molecule has 40 nitrogen and oxygen atoms in total. The number of nitrogens with one attached hydrogen (secondary N) is 10. The molecular formula is C70H123N27O13. The third kappa shape index (κ3) is 35.1. The van der Waals surface area contributed by atoms with E-state index in [2.05, 4.69) is 73.1 Å². The van der Waals surface area contributed by atoms with Crippen molar-refractivity contribution in [2.45, 2.75) is 229 Å².